The lowest BCUT2D eigenvalue weighted by atomic mass is 10.1. The number of rotatable bonds is 5. The van der Waals surface area contributed by atoms with Gasteiger partial charge in [0.05, 0.1) is 26.2 Å². The van der Waals surface area contributed by atoms with Gasteiger partial charge in [-0.1, -0.05) is 12.1 Å². The number of hydrogen-bond donors (Lipinski definition) is 4. The maximum Gasteiger partial charge on any atom is 0.182 e. The second kappa shape index (κ2) is 7.61. The number of methoxy groups -OCH3 is 1. The maximum absolute atomic E-state index is 10.3. The fourth-order valence-electron chi connectivity index (χ4n) is 3.66. The lowest BCUT2D eigenvalue weighted by Gasteiger charge is -2.17. The average molecular weight is 423 g/mol. The molecule has 1 saturated heterocycles. The summed E-state index contributed by atoms with van der Waals surface area (Å²) in [7, 11) is 3.36. The molecule has 4 aromatic rings. The number of ether oxygens (including phenoxy) is 2. The van der Waals surface area contributed by atoms with Gasteiger partial charge in [-0.2, -0.15) is 5.10 Å². The molecule has 1 aliphatic heterocycles. The molecule has 0 amide bonds. The Kier molecular flexibility index (Phi) is 4.77. The minimum Gasteiger partial charge on any atom is -0.497 e. The van der Waals surface area contributed by atoms with Crippen molar-refractivity contribution in [3.05, 3.63) is 36.8 Å². The first kappa shape index (κ1) is 19.4. The molecule has 11 heteroatoms. The van der Waals surface area contributed by atoms with Crippen LogP contribution in [0.4, 0.5) is 5.82 Å². The molecule has 1 aliphatic rings. The largest absolute Gasteiger partial charge is 0.497 e. The summed E-state index contributed by atoms with van der Waals surface area (Å²) < 4.78 is 12.4. The fraction of sp³-hybridized carbons (Fsp3) is 0.300. The normalized spacial score (nSPS) is 21.0. The maximum atomic E-state index is 10.3. The second-order valence-corrected chi connectivity index (χ2v) is 7.14. The number of aliphatic hydroxyl groups is 2. The van der Waals surface area contributed by atoms with Gasteiger partial charge in [0.15, 0.2) is 29.0 Å². The molecule has 0 aliphatic carbocycles. The number of H-pyrrole nitrogens is 1. The van der Waals surface area contributed by atoms with Gasteiger partial charge in [0, 0.05) is 12.6 Å². The molecule has 160 valence electrons. The van der Waals surface area contributed by atoms with Gasteiger partial charge in [-0.3, -0.25) is 9.67 Å². The van der Waals surface area contributed by atoms with Crippen molar-refractivity contribution in [1.82, 2.24) is 29.7 Å². The molecule has 0 bridgehead atoms. The first-order chi connectivity index (χ1) is 15.1. The molecule has 4 N–H and O–H groups in total. The monoisotopic (exact) mass is 423 g/mol. The highest BCUT2D eigenvalue weighted by molar-refractivity contribution is 5.87. The summed E-state index contributed by atoms with van der Waals surface area (Å²) in [5.74, 6) is 1.67. The Bertz CT molecular complexity index is 1220. The van der Waals surface area contributed by atoms with Gasteiger partial charge in [0.2, 0.25) is 0 Å². The number of aliphatic hydroxyl groups excluding tert-OH is 2. The number of benzene rings is 1. The van der Waals surface area contributed by atoms with Gasteiger partial charge < -0.3 is 25.0 Å². The Hall–Kier alpha value is -3.54. The van der Waals surface area contributed by atoms with E-state index in [0.717, 1.165) is 16.9 Å². The highest BCUT2D eigenvalue weighted by Crippen LogP contribution is 2.33. The number of aromatic amines is 1. The van der Waals surface area contributed by atoms with E-state index in [-0.39, 0.29) is 6.61 Å². The van der Waals surface area contributed by atoms with Crippen molar-refractivity contribution in [3.8, 4) is 28.4 Å². The van der Waals surface area contributed by atoms with E-state index in [9.17, 15) is 10.2 Å². The molecule has 4 heterocycles. The van der Waals surface area contributed by atoms with Crippen molar-refractivity contribution >= 4 is 17.0 Å². The minimum absolute atomic E-state index is 0.0322. The van der Waals surface area contributed by atoms with Gasteiger partial charge in [-0.15, -0.1) is 0 Å². The quantitative estimate of drug-likeness (QED) is 0.372. The van der Waals surface area contributed by atoms with E-state index in [4.69, 9.17) is 14.5 Å². The van der Waals surface area contributed by atoms with Crippen LogP contribution in [0.5, 0.6) is 5.75 Å². The zero-order chi connectivity index (χ0) is 21.5. The number of fused-ring (bicyclic) bond motifs is 1. The summed E-state index contributed by atoms with van der Waals surface area (Å²) in [6, 6.07) is 7.60. The highest BCUT2D eigenvalue weighted by Gasteiger charge is 2.37. The SMILES string of the molecule is CNc1nc(-c2[nH]ncc2-c2ccc(OC)cc2)nc2c1ncn2C1OCC(O)C1O. The molecule has 3 unspecified atom stereocenters. The van der Waals surface area contributed by atoms with Crippen molar-refractivity contribution < 1.29 is 19.7 Å². The van der Waals surface area contributed by atoms with E-state index < -0.39 is 18.4 Å². The van der Waals surface area contributed by atoms with Crippen LogP contribution in [-0.4, -0.2) is 72.9 Å². The number of hydrogen-bond acceptors (Lipinski definition) is 9. The van der Waals surface area contributed by atoms with Crippen molar-refractivity contribution in [1.29, 1.82) is 0 Å². The number of aromatic nitrogens is 6. The van der Waals surface area contributed by atoms with Crippen molar-refractivity contribution in [2.45, 2.75) is 18.4 Å². The van der Waals surface area contributed by atoms with Crippen LogP contribution in [-0.2, 0) is 4.74 Å². The predicted octanol–water partition coefficient (Wildman–Crippen LogP) is 1.18. The van der Waals surface area contributed by atoms with Crippen LogP contribution >= 0.6 is 0 Å². The van der Waals surface area contributed by atoms with E-state index in [1.54, 1.807) is 24.9 Å². The molecule has 0 saturated carbocycles. The molecule has 3 atom stereocenters. The zero-order valence-electron chi connectivity index (χ0n) is 16.9. The molecule has 31 heavy (non-hydrogen) atoms. The van der Waals surface area contributed by atoms with Crippen molar-refractivity contribution in [2.75, 3.05) is 26.1 Å². The molecule has 0 radical (unpaired) electrons. The first-order valence-corrected chi connectivity index (χ1v) is 9.69. The van der Waals surface area contributed by atoms with Crippen LogP contribution in [0.3, 0.4) is 0 Å². The molecule has 11 nitrogen and oxygen atoms in total. The minimum atomic E-state index is -1.09. The smallest absolute Gasteiger partial charge is 0.182 e. The predicted molar refractivity (Wildman–Crippen MR) is 111 cm³/mol. The number of imidazole rings is 1. The molecular weight excluding hydrogens is 402 g/mol. The number of anilines is 1. The van der Waals surface area contributed by atoms with Gasteiger partial charge >= 0.3 is 0 Å². The van der Waals surface area contributed by atoms with E-state index in [1.807, 2.05) is 24.3 Å². The third-order valence-corrected chi connectivity index (χ3v) is 5.32. The third kappa shape index (κ3) is 3.19. The standard InChI is InChI=1S/C20H21N7O4/c1-21-17-15-19(27(9-22-15)20-16(29)13(28)8-31-20)25-18(24-17)14-12(7-23-26-14)10-3-5-11(30-2)6-4-10/h3-7,9,13,16,20,28-29H,8H2,1-2H3,(H,23,26)(H,21,24,25). The van der Waals surface area contributed by atoms with E-state index in [2.05, 4.69) is 25.5 Å². The number of nitrogens with one attached hydrogen (secondary N) is 2. The van der Waals surface area contributed by atoms with E-state index >= 15 is 0 Å². The summed E-state index contributed by atoms with van der Waals surface area (Å²) in [5, 5.41) is 30.4. The van der Waals surface area contributed by atoms with E-state index in [1.165, 1.54) is 6.33 Å². The van der Waals surface area contributed by atoms with Crippen LogP contribution in [0.2, 0.25) is 0 Å². The molecule has 3 aromatic heterocycles. The molecule has 5 rings (SSSR count). The summed E-state index contributed by atoms with van der Waals surface area (Å²) in [6.07, 6.45) is 0.377. The highest BCUT2D eigenvalue weighted by atomic mass is 16.5. The summed E-state index contributed by atoms with van der Waals surface area (Å²) in [4.78, 5) is 13.7. The Morgan fingerprint density at radius 3 is 2.71 bits per heavy atom. The van der Waals surface area contributed by atoms with Crippen LogP contribution < -0.4 is 10.1 Å². The lowest BCUT2D eigenvalue weighted by Crippen LogP contribution is -2.28. The first-order valence-electron chi connectivity index (χ1n) is 9.69. The number of nitrogens with zero attached hydrogens (tertiary/aromatic N) is 5. The van der Waals surface area contributed by atoms with Crippen molar-refractivity contribution in [3.63, 3.8) is 0 Å². The van der Waals surface area contributed by atoms with Gasteiger partial charge in [-0.05, 0) is 17.7 Å². The lowest BCUT2D eigenvalue weighted by molar-refractivity contribution is -0.0162. The Morgan fingerprint density at radius 1 is 1.23 bits per heavy atom. The fourth-order valence-corrected chi connectivity index (χ4v) is 3.66. The molecular formula is C20H21N7O4. The van der Waals surface area contributed by atoms with Gasteiger partial charge in [0.1, 0.15) is 23.7 Å². The van der Waals surface area contributed by atoms with Crippen LogP contribution in [0.1, 0.15) is 6.23 Å². The Morgan fingerprint density at radius 2 is 2.03 bits per heavy atom. The van der Waals surface area contributed by atoms with Crippen molar-refractivity contribution in [2.24, 2.45) is 0 Å². The van der Waals surface area contributed by atoms with Crippen LogP contribution in [0.25, 0.3) is 33.8 Å². The Labute approximate surface area is 176 Å². The summed E-state index contributed by atoms with van der Waals surface area (Å²) in [5.41, 5.74) is 3.36. The topological polar surface area (TPSA) is 143 Å². The average Bonchev–Trinajstić information content (AvgIpc) is 3.52. The molecule has 1 aromatic carbocycles. The van der Waals surface area contributed by atoms with Gasteiger partial charge in [0.25, 0.3) is 0 Å². The third-order valence-electron chi connectivity index (χ3n) is 5.32. The Balaban J connectivity index is 1.63. The molecule has 1 fully saturated rings. The molecule has 0 spiro atoms. The van der Waals surface area contributed by atoms with E-state index in [0.29, 0.717) is 28.5 Å². The van der Waals surface area contributed by atoms with Crippen LogP contribution in [0, 0.1) is 0 Å². The van der Waals surface area contributed by atoms with Gasteiger partial charge in [-0.25, -0.2) is 15.0 Å². The summed E-state index contributed by atoms with van der Waals surface area (Å²) in [6.45, 7) is 0.0322. The zero-order valence-corrected chi connectivity index (χ0v) is 16.9. The van der Waals surface area contributed by atoms with Crippen LogP contribution in [0.15, 0.2) is 36.8 Å². The summed E-state index contributed by atoms with van der Waals surface area (Å²) >= 11 is 0. The second-order valence-electron chi connectivity index (χ2n) is 7.14.